The second kappa shape index (κ2) is 14.7. The largest absolute Gasteiger partial charge is 0.386 e. The van der Waals surface area contributed by atoms with Crippen LogP contribution in [0.1, 0.15) is 119 Å². The van der Waals surface area contributed by atoms with Gasteiger partial charge in [-0.15, -0.1) is 6.58 Å². The highest BCUT2D eigenvalue weighted by Crippen LogP contribution is 2.24. The molecule has 0 aromatic heterocycles. The lowest BCUT2D eigenvalue weighted by Gasteiger charge is -2.20. The SMILES string of the molecule is C=CC(C)(O)CCCC(C)CCCC(C)CCCC(C)CCCC(C)C. The van der Waals surface area contributed by atoms with Gasteiger partial charge < -0.3 is 5.11 Å². The van der Waals surface area contributed by atoms with Crippen molar-refractivity contribution in [1.82, 2.24) is 0 Å². The molecule has 0 aliphatic heterocycles. The first-order valence-electron chi connectivity index (χ1n) is 11.5. The van der Waals surface area contributed by atoms with E-state index in [1.165, 1.54) is 64.2 Å². The Kier molecular flexibility index (Phi) is 14.6. The van der Waals surface area contributed by atoms with Gasteiger partial charge >= 0.3 is 0 Å². The van der Waals surface area contributed by atoms with Crippen molar-refractivity contribution in [3.63, 3.8) is 0 Å². The monoisotopic (exact) mass is 366 g/mol. The molecule has 1 N–H and O–H groups in total. The van der Waals surface area contributed by atoms with Crippen LogP contribution >= 0.6 is 0 Å². The van der Waals surface area contributed by atoms with Gasteiger partial charge in [0.15, 0.2) is 0 Å². The summed E-state index contributed by atoms with van der Waals surface area (Å²) in [5.74, 6) is 3.43. The van der Waals surface area contributed by atoms with Crippen molar-refractivity contribution in [3.8, 4) is 0 Å². The normalized spacial score (nSPS) is 17.7. The van der Waals surface area contributed by atoms with E-state index in [0.717, 1.165) is 36.5 Å². The summed E-state index contributed by atoms with van der Waals surface area (Å²) in [6.45, 7) is 17.5. The van der Waals surface area contributed by atoms with Gasteiger partial charge in [-0.2, -0.15) is 0 Å². The van der Waals surface area contributed by atoms with E-state index >= 15 is 0 Å². The van der Waals surface area contributed by atoms with E-state index in [1.54, 1.807) is 6.08 Å². The summed E-state index contributed by atoms with van der Waals surface area (Å²) >= 11 is 0. The van der Waals surface area contributed by atoms with Gasteiger partial charge in [0, 0.05) is 0 Å². The van der Waals surface area contributed by atoms with Crippen molar-refractivity contribution in [3.05, 3.63) is 12.7 Å². The zero-order valence-electron chi connectivity index (χ0n) is 19.0. The van der Waals surface area contributed by atoms with Crippen LogP contribution in [0.25, 0.3) is 0 Å². The molecule has 1 heteroatoms. The molecule has 0 fully saturated rings. The lowest BCUT2D eigenvalue weighted by molar-refractivity contribution is 0.0974. The summed E-state index contributed by atoms with van der Waals surface area (Å²) in [7, 11) is 0. The Labute approximate surface area is 166 Å². The van der Waals surface area contributed by atoms with Gasteiger partial charge in [0.25, 0.3) is 0 Å². The minimum Gasteiger partial charge on any atom is -0.386 e. The van der Waals surface area contributed by atoms with Crippen molar-refractivity contribution in [2.75, 3.05) is 0 Å². The van der Waals surface area contributed by atoms with Crippen molar-refractivity contribution < 1.29 is 5.11 Å². The van der Waals surface area contributed by atoms with E-state index in [4.69, 9.17) is 0 Å². The van der Waals surface area contributed by atoms with E-state index in [2.05, 4.69) is 41.2 Å². The second-order valence-electron chi connectivity index (χ2n) is 9.96. The molecule has 0 spiro atoms. The molecule has 0 aromatic rings. The minimum atomic E-state index is -0.680. The molecule has 26 heavy (non-hydrogen) atoms. The van der Waals surface area contributed by atoms with Crippen LogP contribution in [0.2, 0.25) is 0 Å². The van der Waals surface area contributed by atoms with Crippen molar-refractivity contribution in [2.45, 2.75) is 124 Å². The van der Waals surface area contributed by atoms with Crippen LogP contribution in [0.5, 0.6) is 0 Å². The third-order valence-electron chi connectivity index (χ3n) is 6.09. The Morgan fingerprint density at radius 1 is 0.692 bits per heavy atom. The molecule has 4 unspecified atom stereocenters. The van der Waals surface area contributed by atoms with Gasteiger partial charge in [0.05, 0.1) is 5.60 Å². The van der Waals surface area contributed by atoms with Crippen LogP contribution < -0.4 is 0 Å². The predicted molar refractivity (Wildman–Crippen MR) is 119 cm³/mol. The quantitative estimate of drug-likeness (QED) is 0.257. The average Bonchev–Trinajstić information content (AvgIpc) is 2.54. The predicted octanol–water partition coefficient (Wildman–Crippen LogP) is 8.17. The summed E-state index contributed by atoms with van der Waals surface area (Å²) in [5.41, 5.74) is -0.680. The number of aliphatic hydroxyl groups is 1. The molecule has 156 valence electrons. The first-order valence-corrected chi connectivity index (χ1v) is 11.5. The van der Waals surface area contributed by atoms with Gasteiger partial charge in [0.2, 0.25) is 0 Å². The molecule has 0 heterocycles. The maximum Gasteiger partial charge on any atom is 0.0797 e. The van der Waals surface area contributed by atoms with E-state index in [0.29, 0.717) is 0 Å². The summed E-state index contributed by atoms with van der Waals surface area (Å²) in [6, 6.07) is 0. The summed E-state index contributed by atoms with van der Waals surface area (Å²) in [6.07, 6.45) is 17.4. The lowest BCUT2D eigenvalue weighted by atomic mass is 9.89. The Balaban J connectivity index is 3.61. The lowest BCUT2D eigenvalue weighted by Crippen LogP contribution is -2.20. The molecule has 0 radical (unpaired) electrons. The first kappa shape index (κ1) is 25.7. The fraction of sp³-hybridized carbons (Fsp3) is 0.920. The Bertz CT molecular complexity index is 331. The zero-order chi connectivity index (χ0) is 20.0. The van der Waals surface area contributed by atoms with Crippen LogP contribution in [0.4, 0.5) is 0 Å². The second-order valence-corrected chi connectivity index (χ2v) is 9.96. The average molecular weight is 367 g/mol. The maximum absolute atomic E-state index is 9.96. The molecule has 0 saturated heterocycles. The smallest absolute Gasteiger partial charge is 0.0797 e. The van der Waals surface area contributed by atoms with Gasteiger partial charge in [0.1, 0.15) is 0 Å². The van der Waals surface area contributed by atoms with E-state index < -0.39 is 5.60 Å². The van der Waals surface area contributed by atoms with Gasteiger partial charge in [-0.25, -0.2) is 0 Å². The first-order chi connectivity index (χ1) is 12.2. The third kappa shape index (κ3) is 15.9. The molecule has 0 aliphatic rings. The zero-order valence-corrected chi connectivity index (χ0v) is 19.0. The van der Waals surface area contributed by atoms with Crippen LogP contribution in [0.15, 0.2) is 12.7 Å². The standard InChI is InChI=1S/C25H50O/c1-8-25(7,26)20-12-19-24(6)18-11-17-23(5)16-10-15-22(4)14-9-13-21(2)3/h8,21-24,26H,1,9-20H2,2-7H3. The maximum atomic E-state index is 9.96. The van der Waals surface area contributed by atoms with Crippen molar-refractivity contribution in [1.29, 1.82) is 0 Å². The molecule has 0 aliphatic carbocycles. The van der Waals surface area contributed by atoms with Crippen molar-refractivity contribution >= 4 is 0 Å². The van der Waals surface area contributed by atoms with Gasteiger partial charge in [-0.05, 0) is 37.0 Å². The number of rotatable bonds is 17. The van der Waals surface area contributed by atoms with E-state index in [-0.39, 0.29) is 0 Å². The number of hydrogen-bond donors (Lipinski definition) is 1. The third-order valence-corrected chi connectivity index (χ3v) is 6.09. The molecule has 0 rings (SSSR count). The topological polar surface area (TPSA) is 20.2 Å². The van der Waals surface area contributed by atoms with Gasteiger partial charge in [-0.1, -0.05) is 111 Å². The Morgan fingerprint density at radius 2 is 1.04 bits per heavy atom. The highest BCUT2D eigenvalue weighted by Gasteiger charge is 2.15. The fourth-order valence-electron chi connectivity index (χ4n) is 3.85. The summed E-state index contributed by atoms with van der Waals surface area (Å²) < 4.78 is 0. The Hall–Kier alpha value is -0.300. The van der Waals surface area contributed by atoms with Crippen LogP contribution in [0.3, 0.4) is 0 Å². The van der Waals surface area contributed by atoms with E-state index in [1.807, 2.05) is 6.92 Å². The molecular formula is C25H50O. The molecule has 0 aromatic carbocycles. The molecule has 0 amide bonds. The van der Waals surface area contributed by atoms with Crippen LogP contribution in [-0.2, 0) is 0 Å². The summed E-state index contributed by atoms with van der Waals surface area (Å²) in [5, 5.41) is 9.96. The molecule has 0 bridgehead atoms. The van der Waals surface area contributed by atoms with Crippen molar-refractivity contribution in [2.24, 2.45) is 23.7 Å². The van der Waals surface area contributed by atoms with Crippen LogP contribution in [0, 0.1) is 23.7 Å². The van der Waals surface area contributed by atoms with E-state index in [9.17, 15) is 5.11 Å². The molecule has 1 nitrogen and oxygen atoms in total. The molecule has 0 saturated carbocycles. The summed E-state index contributed by atoms with van der Waals surface area (Å²) in [4.78, 5) is 0. The van der Waals surface area contributed by atoms with Gasteiger partial charge in [-0.3, -0.25) is 0 Å². The number of hydrogen-bond acceptors (Lipinski definition) is 1. The highest BCUT2D eigenvalue weighted by molar-refractivity contribution is 4.91. The highest BCUT2D eigenvalue weighted by atomic mass is 16.3. The Morgan fingerprint density at radius 3 is 1.38 bits per heavy atom. The fourth-order valence-corrected chi connectivity index (χ4v) is 3.85. The minimum absolute atomic E-state index is 0.680. The molecular weight excluding hydrogens is 316 g/mol. The van der Waals surface area contributed by atoms with Crippen LogP contribution in [-0.4, -0.2) is 10.7 Å². The molecule has 4 atom stereocenters.